The maximum absolute atomic E-state index is 12.5. The number of carbonyl (C=O) groups excluding carboxylic acids is 1. The van der Waals surface area contributed by atoms with Gasteiger partial charge in [0.2, 0.25) is 5.91 Å². The number of alkyl halides is 3. The maximum Gasteiger partial charge on any atom is 0.415 e. The molecule has 1 rings (SSSR count). The van der Waals surface area contributed by atoms with Crippen LogP contribution >= 0.6 is 0 Å². The van der Waals surface area contributed by atoms with Gasteiger partial charge in [0.15, 0.2) is 5.54 Å². The van der Waals surface area contributed by atoms with Crippen molar-refractivity contribution >= 4 is 5.91 Å². The van der Waals surface area contributed by atoms with E-state index in [1.807, 2.05) is 0 Å². The molecule has 0 radical (unpaired) electrons. The van der Waals surface area contributed by atoms with E-state index >= 15 is 0 Å². The maximum atomic E-state index is 12.5. The number of nitrogens with two attached hydrogens (primary N) is 1. The van der Waals surface area contributed by atoms with E-state index in [4.69, 9.17) is 5.73 Å². The van der Waals surface area contributed by atoms with Gasteiger partial charge in [0.1, 0.15) is 0 Å². The Labute approximate surface area is 98.9 Å². The van der Waals surface area contributed by atoms with Crippen LogP contribution in [-0.2, 0) is 4.79 Å². The minimum absolute atomic E-state index is 0.289. The van der Waals surface area contributed by atoms with Crippen LogP contribution in [-0.4, -0.2) is 24.2 Å². The zero-order valence-electron chi connectivity index (χ0n) is 9.94. The lowest BCUT2D eigenvalue weighted by Crippen LogP contribution is -2.61. The van der Waals surface area contributed by atoms with Crippen molar-refractivity contribution in [3.05, 3.63) is 0 Å². The Bertz CT molecular complexity index is 270. The van der Waals surface area contributed by atoms with Crippen LogP contribution in [0, 0.1) is 5.92 Å². The number of rotatable bonds is 3. The highest BCUT2D eigenvalue weighted by Gasteiger charge is 2.53. The molecule has 0 aliphatic heterocycles. The molecule has 0 bridgehead atoms. The minimum atomic E-state index is -4.72. The largest absolute Gasteiger partial charge is 0.415 e. The molecule has 1 fully saturated rings. The predicted octanol–water partition coefficient (Wildman–Crippen LogP) is 1.96. The normalized spacial score (nSPS) is 21.9. The number of nitrogens with one attached hydrogen (secondary N) is 1. The van der Waals surface area contributed by atoms with Crippen molar-refractivity contribution < 1.29 is 18.0 Å². The quantitative estimate of drug-likeness (QED) is 0.806. The summed E-state index contributed by atoms with van der Waals surface area (Å²) in [6.07, 6.45) is 0.547. The number of halogens is 3. The Morgan fingerprint density at radius 1 is 1.29 bits per heavy atom. The summed E-state index contributed by atoms with van der Waals surface area (Å²) in [6, 6.07) is 0. The lowest BCUT2D eigenvalue weighted by atomic mass is 9.89. The first-order valence-electron chi connectivity index (χ1n) is 5.89. The Morgan fingerprint density at radius 3 is 2.29 bits per heavy atom. The Kier molecular flexibility index (Phi) is 4.41. The van der Waals surface area contributed by atoms with Gasteiger partial charge in [-0.05, 0) is 25.7 Å². The first-order chi connectivity index (χ1) is 7.75. The lowest BCUT2D eigenvalue weighted by Gasteiger charge is -2.28. The van der Waals surface area contributed by atoms with E-state index in [-0.39, 0.29) is 5.92 Å². The molecule has 17 heavy (non-hydrogen) atoms. The van der Waals surface area contributed by atoms with Gasteiger partial charge in [-0.3, -0.25) is 4.79 Å². The van der Waals surface area contributed by atoms with Gasteiger partial charge in [0.25, 0.3) is 0 Å². The van der Waals surface area contributed by atoms with Crippen molar-refractivity contribution in [3.63, 3.8) is 0 Å². The molecule has 1 unspecified atom stereocenters. The second-order valence-electron chi connectivity index (χ2n) is 4.91. The topological polar surface area (TPSA) is 55.1 Å². The third-order valence-corrected chi connectivity index (χ3v) is 3.34. The molecule has 100 valence electrons. The summed E-state index contributed by atoms with van der Waals surface area (Å²) >= 11 is 0. The van der Waals surface area contributed by atoms with Crippen molar-refractivity contribution in [1.29, 1.82) is 0 Å². The van der Waals surface area contributed by atoms with E-state index in [2.05, 4.69) is 5.32 Å². The third kappa shape index (κ3) is 3.59. The average Bonchev–Trinajstić information content (AvgIpc) is 2.25. The van der Waals surface area contributed by atoms with Crippen molar-refractivity contribution in [1.82, 2.24) is 5.32 Å². The Balaban J connectivity index is 2.43. The summed E-state index contributed by atoms with van der Waals surface area (Å²) in [5.74, 6) is -0.854. The summed E-state index contributed by atoms with van der Waals surface area (Å²) < 4.78 is 37.4. The van der Waals surface area contributed by atoms with E-state index in [1.54, 1.807) is 0 Å². The SMILES string of the molecule is CC(N)(C(=O)NCC1CCCCC1)C(F)(F)F. The first kappa shape index (κ1) is 14.3. The molecule has 1 atom stereocenters. The van der Waals surface area contributed by atoms with Gasteiger partial charge >= 0.3 is 6.18 Å². The second-order valence-corrected chi connectivity index (χ2v) is 4.91. The molecule has 1 aliphatic rings. The minimum Gasteiger partial charge on any atom is -0.354 e. The van der Waals surface area contributed by atoms with E-state index in [0.29, 0.717) is 13.5 Å². The van der Waals surface area contributed by atoms with Crippen LogP contribution in [0.15, 0.2) is 0 Å². The van der Waals surface area contributed by atoms with Gasteiger partial charge in [-0.15, -0.1) is 0 Å². The van der Waals surface area contributed by atoms with E-state index in [1.165, 1.54) is 6.42 Å². The molecular weight excluding hydrogens is 233 g/mol. The van der Waals surface area contributed by atoms with Crippen LogP contribution in [0.1, 0.15) is 39.0 Å². The van der Waals surface area contributed by atoms with Crippen LogP contribution in [0.25, 0.3) is 0 Å². The highest BCUT2D eigenvalue weighted by atomic mass is 19.4. The number of hydrogen-bond acceptors (Lipinski definition) is 2. The summed E-state index contributed by atoms with van der Waals surface area (Å²) in [6.45, 7) is 0.991. The molecule has 3 N–H and O–H groups in total. The molecule has 0 aromatic carbocycles. The van der Waals surface area contributed by atoms with Crippen molar-refractivity contribution in [2.75, 3.05) is 6.54 Å². The molecule has 0 aromatic rings. The fourth-order valence-corrected chi connectivity index (χ4v) is 1.94. The standard InChI is InChI=1S/C11H19F3N2O/c1-10(15,11(12,13)14)9(17)16-7-8-5-3-2-4-6-8/h8H,2-7,15H2,1H3,(H,16,17). The molecule has 0 aromatic heterocycles. The smallest absolute Gasteiger partial charge is 0.354 e. The zero-order valence-corrected chi connectivity index (χ0v) is 9.94. The van der Waals surface area contributed by atoms with Gasteiger partial charge in [0, 0.05) is 6.54 Å². The van der Waals surface area contributed by atoms with Gasteiger partial charge in [-0.2, -0.15) is 13.2 Å². The van der Waals surface area contributed by atoms with Crippen LogP contribution < -0.4 is 11.1 Å². The molecular formula is C11H19F3N2O. The first-order valence-corrected chi connectivity index (χ1v) is 5.89. The van der Waals surface area contributed by atoms with Gasteiger partial charge < -0.3 is 11.1 Å². The van der Waals surface area contributed by atoms with Crippen molar-refractivity contribution in [2.45, 2.75) is 50.7 Å². The number of carbonyl (C=O) groups is 1. The molecule has 0 saturated heterocycles. The van der Waals surface area contributed by atoms with Gasteiger partial charge in [-0.25, -0.2) is 0 Å². The number of hydrogen-bond donors (Lipinski definition) is 2. The van der Waals surface area contributed by atoms with Crippen LogP contribution in [0.2, 0.25) is 0 Å². The average molecular weight is 252 g/mol. The number of amides is 1. The zero-order chi connectivity index (χ0) is 13.1. The molecule has 1 saturated carbocycles. The fraction of sp³-hybridized carbons (Fsp3) is 0.909. The highest BCUT2D eigenvalue weighted by molar-refractivity contribution is 5.86. The van der Waals surface area contributed by atoms with Crippen LogP contribution in [0.4, 0.5) is 13.2 Å². The fourth-order valence-electron chi connectivity index (χ4n) is 1.94. The van der Waals surface area contributed by atoms with E-state index in [0.717, 1.165) is 25.7 Å². The van der Waals surface area contributed by atoms with Crippen LogP contribution in [0.3, 0.4) is 0 Å². The van der Waals surface area contributed by atoms with E-state index in [9.17, 15) is 18.0 Å². The van der Waals surface area contributed by atoms with Crippen LogP contribution in [0.5, 0.6) is 0 Å². The molecule has 3 nitrogen and oxygen atoms in total. The van der Waals surface area contributed by atoms with Gasteiger partial charge in [0.05, 0.1) is 0 Å². The highest BCUT2D eigenvalue weighted by Crippen LogP contribution is 2.28. The summed E-state index contributed by atoms with van der Waals surface area (Å²) in [5.41, 5.74) is 2.21. The van der Waals surface area contributed by atoms with Crippen molar-refractivity contribution in [3.8, 4) is 0 Å². The Morgan fingerprint density at radius 2 is 1.82 bits per heavy atom. The summed E-state index contributed by atoms with van der Waals surface area (Å²) in [7, 11) is 0. The molecule has 0 spiro atoms. The predicted molar refractivity (Wildman–Crippen MR) is 58.2 cm³/mol. The molecule has 6 heteroatoms. The lowest BCUT2D eigenvalue weighted by molar-refractivity contribution is -0.187. The Hall–Kier alpha value is -0.780. The summed E-state index contributed by atoms with van der Waals surface area (Å²) in [4.78, 5) is 11.4. The van der Waals surface area contributed by atoms with E-state index < -0.39 is 17.6 Å². The monoisotopic (exact) mass is 252 g/mol. The summed E-state index contributed by atoms with van der Waals surface area (Å²) in [5, 5.41) is 2.32. The van der Waals surface area contributed by atoms with Crippen molar-refractivity contribution in [2.24, 2.45) is 11.7 Å². The second kappa shape index (κ2) is 5.25. The molecule has 1 amide bonds. The molecule has 0 heterocycles. The third-order valence-electron chi connectivity index (χ3n) is 3.34. The van der Waals surface area contributed by atoms with Gasteiger partial charge in [-0.1, -0.05) is 19.3 Å². The molecule has 1 aliphatic carbocycles.